The van der Waals surface area contributed by atoms with Crippen molar-refractivity contribution in [2.24, 2.45) is 0 Å². The Morgan fingerprint density at radius 3 is 1.81 bits per heavy atom. The summed E-state index contributed by atoms with van der Waals surface area (Å²) in [6.45, 7) is 0. The summed E-state index contributed by atoms with van der Waals surface area (Å²) in [4.78, 5) is 44.5. The van der Waals surface area contributed by atoms with E-state index in [-0.39, 0.29) is 5.56 Å². The van der Waals surface area contributed by atoms with Crippen LogP contribution in [0.5, 0.6) is 0 Å². The summed E-state index contributed by atoms with van der Waals surface area (Å²) < 4.78 is 0. The normalized spacial score (nSPS) is 11.4. The van der Waals surface area contributed by atoms with Gasteiger partial charge in [0.05, 0.1) is 0 Å². The number of benzene rings is 1. The highest BCUT2D eigenvalue weighted by Gasteiger charge is 2.26. The van der Waals surface area contributed by atoms with Gasteiger partial charge in [-0.1, -0.05) is 30.3 Å². The van der Waals surface area contributed by atoms with Gasteiger partial charge in [0.1, 0.15) is 0 Å². The second-order valence-corrected chi connectivity index (χ2v) is 4.05. The molecule has 1 aromatic carbocycles. The molecule has 0 radical (unpaired) electrons. The summed E-state index contributed by atoms with van der Waals surface area (Å²) >= 11 is 0. The summed E-state index contributed by atoms with van der Waals surface area (Å²) in [7, 11) is 0. The maximum Gasteiger partial charge on any atom is 0.377 e. The summed E-state index contributed by atoms with van der Waals surface area (Å²) in [5.74, 6) is -5.96. The predicted molar refractivity (Wildman–Crippen MR) is 70.5 cm³/mol. The first-order chi connectivity index (χ1) is 9.84. The molecule has 0 bridgehead atoms. The van der Waals surface area contributed by atoms with Crippen LogP contribution in [0.15, 0.2) is 35.9 Å². The smallest absolute Gasteiger partial charge is 0.377 e. The van der Waals surface area contributed by atoms with Crippen LogP contribution < -0.4 is 0 Å². The molecule has 0 atom stereocenters. The van der Waals surface area contributed by atoms with E-state index in [1.54, 1.807) is 6.07 Å². The molecule has 0 unspecified atom stereocenters. The van der Waals surface area contributed by atoms with E-state index in [0.29, 0.717) is 0 Å². The van der Waals surface area contributed by atoms with Gasteiger partial charge >= 0.3 is 17.9 Å². The zero-order valence-corrected chi connectivity index (χ0v) is 10.8. The molecule has 0 saturated carbocycles. The molecule has 0 saturated heterocycles. The molecule has 21 heavy (non-hydrogen) atoms. The zero-order valence-electron chi connectivity index (χ0n) is 10.8. The number of carbonyl (C=O) groups excluding carboxylic acids is 1. The van der Waals surface area contributed by atoms with Crippen molar-refractivity contribution in [1.29, 1.82) is 0 Å². The van der Waals surface area contributed by atoms with Crippen molar-refractivity contribution in [1.82, 2.24) is 0 Å². The Morgan fingerprint density at radius 2 is 1.38 bits per heavy atom. The van der Waals surface area contributed by atoms with Crippen molar-refractivity contribution < 1.29 is 34.5 Å². The minimum Gasteiger partial charge on any atom is -0.481 e. The maximum absolute atomic E-state index is 11.8. The van der Waals surface area contributed by atoms with Crippen LogP contribution in [0.3, 0.4) is 0 Å². The van der Waals surface area contributed by atoms with Gasteiger partial charge in [0.25, 0.3) is 5.78 Å². The summed E-state index contributed by atoms with van der Waals surface area (Å²) in [6, 6.07) is 7.42. The minimum atomic E-state index is -1.80. The van der Waals surface area contributed by atoms with E-state index in [4.69, 9.17) is 15.3 Å². The number of hydrogen-bond donors (Lipinski definition) is 3. The van der Waals surface area contributed by atoms with Gasteiger partial charge in [-0.05, 0) is 12.0 Å². The average molecular weight is 292 g/mol. The molecule has 0 aromatic heterocycles. The molecular weight excluding hydrogens is 280 g/mol. The van der Waals surface area contributed by atoms with E-state index in [1.165, 1.54) is 24.3 Å². The van der Waals surface area contributed by atoms with E-state index in [2.05, 4.69) is 0 Å². The van der Waals surface area contributed by atoms with E-state index in [9.17, 15) is 19.2 Å². The first-order valence-electron chi connectivity index (χ1n) is 5.86. The Bertz CT molecular complexity index is 613. The molecule has 7 nitrogen and oxygen atoms in total. The lowest BCUT2D eigenvalue weighted by atomic mass is 9.93. The largest absolute Gasteiger partial charge is 0.481 e. The third kappa shape index (κ3) is 4.27. The van der Waals surface area contributed by atoms with Gasteiger partial charge in [-0.3, -0.25) is 9.59 Å². The minimum absolute atomic E-state index is 0.118. The predicted octanol–water partition coefficient (Wildman–Crippen LogP) is 1.04. The second kappa shape index (κ2) is 6.99. The highest BCUT2D eigenvalue weighted by atomic mass is 16.4. The maximum atomic E-state index is 11.8. The number of hydrogen-bond acceptors (Lipinski definition) is 4. The molecule has 0 heterocycles. The number of carboxylic acids is 3. The molecule has 7 heteroatoms. The van der Waals surface area contributed by atoms with E-state index in [1.807, 2.05) is 0 Å². The summed E-state index contributed by atoms with van der Waals surface area (Å²) in [5, 5.41) is 26.6. The first-order valence-corrected chi connectivity index (χ1v) is 5.86. The highest BCUT2D eigenvalue weighted by Crippen LogP contribution is 2.23. The van der Waals surface area contributed by atoms with Crippen LogP contribution in [0.4, 0.5) is 0 Å². The number of ketones is 1. The molecule has 3 N–H and O–H groups in total. The Kier molecular flexibility index (Phi) is 5.36. The van der Waals surface area contributed by atoms with Crippen LogP contribution >= 0.6 is 0 Å². The van der Waals surface area contributed by atoms with Crippen LogP contribution in [-0.2, 0) is 19.2 Å². The number of carboxylic acid groups (broad SMARTS) is 3. The van der Waals surface area contributed by atoms with Gasteiger partial charge in [0, 0.05) is 17.6 Å². The molecule has 0 fully saturated rings. The number of aliphatic carboxylic acids is 3. The van der Waals surface area contributed by atoms with E-state index in [0.717, 1.165) is 0 Å². The molecular formula is C14H12O7. The fourth-order valence-electron chi connectivity index (χ4n) is 1.72. The Hall–Kier alpha value is -2.96. The standard InChI is InChI=1S/C14H12O7/c15-10(16)7-6-9(13(18)19)11(12(17)14(20)21)8-4-2-1-3-5-8/h1-5H,6-7H2,(H,15,16)(H,18,19)(H,20,21)/b11-9+. The average Bonchev–Trinajstić information content (AvgIpc) is 2.42. The van der Waals surface area contributed by atoms with E-state index >= 15 is 0 Å². The summed E-state index contributed by atoms with van der Waals surface area (Å²) in [5.41, 5.74) is -0.916. The van der Waals surface area contributed by atoms with Gasteiger partial charge in [-0.2, -0.15) is 0 Å². The van der Waals surface area contributed by atoms with Crippen molar-refractivity contribution in [3.05, 3.63) is 41.5 Å². The molecule has 0 aliphatic rings. The molecule has 110 valence electrons. The lowest BCUT2D eigenvalue weighted by Crippen LogP contribution is -2.19. The second-order valence-electron chi connectivity index (χ2n) is 4.05. The third-order valence-electron chi connectivity index (χ3n) is 2.63. The Balaban J connectivity index is 3.45. The lowest BCUT2D eigenvalue weighted by molar-refractivity contribution is -0.146. The summed E-state index contributed by atoms with van der Waals surface area (Å²) in [6.07, 6.45) is -0.973. The molecule has 0 aliphatic carbocycles. The van der Waals surface area contributed by atoms with Gasteiger partial charge < -0.3 is 15.3 Å². The van der Waals surface area contributed by atoms with Gasteiger partial charge in [-0.25, -0.2) is 9.59 Å². The topological polar surface area (TPSA) is 129 Å². The SMILES string of the molecule is O=C(O)CC/C(C(=O)O)=C(\C(=O)C(=O)O)c1ccccc1. The van der Waals surface area contributed by atoms with Crippen LogP contribution in [0.2, 0.25) is 0 Å². The van der Waals surface area contributed by atoms with Crippen LogP contribution in [0.1, 0.15) is 18.4 Å². The molecule has 0 amide bonds. The highest BCUT2D eigenvalue weighted by molar-refractivity contribution is 6.52. The van der Waals surface area contributed by atoms with Crippen molar-refractivity contribution >= 4 is 29.3 Å². The van der Waals surface area contributed by atoms with Gasteiger partial charge in [0.15, 0.2) is 0 Å². The quantitative estimate of drug-likeness (QED) is 0.505. The molecule has 1 aromatic rings. The zero-order chi connectivity index (χ0) is 16.0. The first kappa shape index (κ1) is 16.1. The van der Waals surface area contributed by atoms with Gasteiger partial charge in [0.2, 0.25) is 0 Å². The number of carbonyl (C=O) groups is 4. The van der Waals surface area contributed by atoms with Crippen molar-refractivity contribution in [3.63, 3.8) is 0 Å². The van der Waals surface area contributed by atoms with Crippen LogP contribution in [0, 0.1) is 0 Å². The Labute approximate surface area is 119 Å². The molecule has 0 spiro atoms. The van der Waals surface area contributed by atoms with Crippen molar-refractivity contribution in [2.45, 2.75) is 12.8 Å². The molecule has 0 aliphatic heterocycles. The Morgan fingerprint density at radius 1 is 0.810 bits per heavy atom. The van der Waals surface area contributed by atoms with Crippen molar-refractivity contribution in [2.75, 3.05) is 0 Å². The van der Waals surface area contributed by atoms with Crippen molar-refractivity contribution in [3.8, 4) is 0 Å². The number of rotatable bonds is 7. The number of Topliss-reactive ketones (excluding diaryl/α,β-unsaturated/α-hetero) is 1. The molecule has 1 rings (SSSR count). The lowest BCUT2D eigenvalue weighted by Gasteiger charge is -2.09. The van der Waals surface area contributed by atoms with E-state index < -0.39 is 47.7 Å². The third-order valence-corrected chi connectivity index (χ3v) is 2.63. The van der Waals surface area contributed by atoms with Crippen LogP contribution in [0.25, 0.3) is 5.57 Å². The van der Waals surface area contributed by atoms with Gasteiger partial charge in [-0.15, -0.1) is 0 Å². The fourth-order valence-corrected chi connectivity index (χ4v) is 1.72. The monoisotopic (exact) mass is 292 g/mol. The van der Waals surface area contributed by atoms with Crippen LogP contribution in [-0.4, -0.2) is 39.0 Å². The fraction of sp³-hybridized carbons (Fsp3) is 0.143.